The number of nitrogens with one attached hydrogen (secondary N) is 1. The van der Waals surface area contributed by atoms with Crippen molar-refractivity contribution in [2.24, 2.45) is 0 Å². The summed E-state index contributed by atoms with van der Waals surface area (Å²) in [7, 11) is 0. The molecular weight excluding hydrogens is 425 g/mol. The summed E-state index contributed by atoms with van der Waals surface area (Å²) in [6, 6.07) is 18.6. The van der Waals surface area contributed by atoms with E-state index >= 15 is 0 Å². The first-order valence-corrected chi connectivity index (χ1v) is 10.3. The highest BCUT2D eigenvalue weighted by Crippen LogP contribution is 2.37. The number of carbonyl (C=O) groups is 2. The molecule has 4 rings (SSSR count). The van der Waals surface area contributed by atoms with E-state index in [4.69, 9.17) is 9.26 Å². The lowest BCUT2D eigenvalue weighted by molar-refractivity contribution is -0.145. The molecule has 0 radical (unpaired) electrons. The number of hydrogen-bond donors (Lipinski definition) is 1. The lowest BCUT2D eigenvalue weighted by atomic mass is 10.0. The molecule has 1 N–H and O–H groups in total. The van der Waals surface area contributed by atoms with Crippen molar-refractivity contribution in [3.63, 3.8) is 0 Å². The molecule has 2 aromatic heterocycles. The van der Waals surface area contributed by atoms with Crippen molar-refractivity contribution in [1.29, 1.82) is 0 Å². The number of amides is 1. The van der Waals surface area contributed by atoms with Gasteiger partial charge in [-0.25, -0.2) is 4.39 Å². The molecule has 166 valence electrons. The Morgan fingerprint density at radius 3 is 2.36 bits per heavy atom. The van der Waals surface area contributed by atoms with Gasteiger partial charge >= 0.3 is 5.97 Å². The number of hydrogen-bond acceptors (Lipinski definition) is 6. The SMILES string of the molecule is O=C(CCC(=O)OCc1ccccc1)Nc1onc(-c2ccc(F)cc2)c1-c1ccncc1. The van der Waals surface area contributed by atoms with Crippen molar-refractivity contribution in [1.82, 2.24) is 10.1 Å². The fourth-order valence-corrected chi connectivity index (χ4v) is 3.18. The molecule has 1 amide bonds. The van der Waals surface area contributed by atoms with Gasteiger partial charge in [-0.05, 0) is 47.5 Å². The Bertz CT molecular complexity index is 1230. The van der Waals surface area contributed by atoms with Crippen LogP contribution in [0.2, 0.25) is 0 Å². The van der Waals surface area contributed by atoms with Gasteiger partial charge in [0, 0.05) is 24.4 Å². The molecule has 4 aromatic rings. The molecule has 0 aliphatic heterocycles. The summed E-state index contributed by atoms with van der Waals surface area (Å²) in [5.74, 6) is -1.15. The van der Waals surface area contributed by atoms with Crippen LogP contribution in [-0.4, -0.2) is 22.0 Å². The highest BCUT2D eigenvalue weighted by atomic mass is 19.1. The van der Waals surface area contributed by atoms with Crippen LogP contribution in [0.5, 0.6) is 0 Å². The highest BCUT2D eigenvalue weighted by Gasteiger charge is 2.21. The Hall–Kier alpha value is -4.33. The predicted molar refractivity (Wildman–Crippen MR) is 119 cm³/mol. The van der Waals surface area contributed by atoms with E-state index in [1.807, 2.05) is 30.3 Å². The number of rotatable bonds is 8. The fourth-order valence-electron chi connectivity index (χ4n) is 3.18. The average Bonchev–Trinajstić information content (AvgIpc) is 3.26. The largest absolute Gasteiger partial charge is 0.461 e. The summed E-state index contributed by atoms with van der Waals surface area (Å²) in [6.07, 6.45) is 3.04. The Kier molecular flexibility index (Phi) is 6.84. The van der Waals surface area contributed by atoms with E-state index in [-0.39, 0.29) is 31.1 Å². The monoisotopic (exact) mass is 445 g/mol. The van der Waals surface area contributed by atoms with Gasteiger partial charge < -0.3 is 9.26 Å². The van der Waals surface area contributed by atoms with Gasteiger partial charge in [-0.2, -0.15) is 0 Å². The molecule has 8 heteroatoms. The van der Waals surface area contributed by atoms with Crippen LogP contribution in [0.1, 0.15) is 18.4 Å². The Morgan fingerprint density at radius 1 is 0.909 bits per heavy atom. The maximum absolute atomic E-state index is 13.4. The summed E-state index contributed by atoms with van der Waals surface area (Å²) in [5.41, 5.74) is 3.18. The maximum atomic E-state index is 13.4. The molecule has 0 atom stereocenters. The van der Waals surface area contributed by atoms with E-state index in [9.17, 15) is 14.0 Å². The molecule has 0 fully saturated rings. The second kappa shape index (κ2) is 10.3. The van der Waals surface area contributed by atoms with Crippen molar-refractivity contribution in [3.8, 4) is 22.4 Å². The third-order valence-corrected chi connectivity index (χ3v) is 4.83. The van der Waals surface area contributed by atoms with Gasteiger partial charge in [-0.15, -0.1) is 0 Å². The van der Waals surface area contributed by atoms with Gasteiger partial charge in [0.15, 0.2) is 0 Å². The summed E-state index contributed by atoms with van der Waals surface area (Å²) in [5, 5.41) is 6.75. The van der Waals surface area contributed by atoms with Gasteiger partial charge in [-0.1, -0.05) is 35.5 Å². The molecule has 7 nitrogen and oxygen atoms in total. The second-order valence-corrected chi connectivity index (χ2v) is 7.17. The minimum absolute atomic E-state index is 0.0811. The first-order chi connectivity index (χ1) is 16.1. The number of esters is 1. The molecule has 0 saturated heterocycles. The molecule has 0 bridgehead atoms. The number of anilines is 1. The van der Waals surface area contributed by atoms with E-state index in [1.165, 1.54) is 12.1 Å². The zero-order valence-electron chi connectivity index (χ0n) is 17.5. The van der Waals surface area contributed by atoms with E-state index in [1.54, 1.807) is 36.7 Å². The van der Waals surface area contributed by atoms with Gasteiger partial charge in [0.1, 0.15) is 18.1 Å². The van der Waals surface area contributed by atoms with Crippen molar-refractivity contribution in [2.75, 3.05) is 5.32 Å². The first kappa shape index (κ1) is 21.9. The normalized spacial score (nSPS) is 10.6. The first-order valence-electron chi connectivity index (χ1n) is 10.3. The van der Waals surface area contributed by atoms with Crippen LogP contribution >= 0.6 is 0 Å². The van der Waals surface area contributed by atoms with Crippen LogP contribution < -0.4 is 5.32 Å². The minimum Gasteiger partial charge on any atom is -0.461 e. The lowest BCUT2D eigenvalue weighted by Gasteiger charge is -2.07. The van der Waals surface area contributed by atoms with Crippen LogP contribution in [0.15, 0.2) is 83.6 Å². The number of nitrogens with zero attached hydrogens (tertiary/aromatic N) is 2. The summed E-state index contributed by atoms with van der Waals surface area (Å²) in [4.78, 5) is 28.5. The molecule has 2 heterocycles. The van der Waals surface area contributed by atoms with E-state index in [0.29, 0.717) is 22.4 Å². The molecule has 0 aliphatic carbocycles. The zero-order valence-corrected chi connectivity index (χ0v) is 17.5. The quantitative estimate of drug-likeness (QED) is 0.384. The number of aromatic nitrogens is 2. The van der Waals surface area contributed by atoms with Gasteiger partial charge in [0.2, 0.25) is 11.8 Å². The van der Waals surface area contributed by atoms with Crippen LogP contribution in [-0.2, 0) is 20.9 Å². The van der Waals surface area contributed by atoms with Crippen LogP contribution in [0.4, 0.5) is 10.3 Å². The molecule has 0 spiro atoms. The van der Waals surface area contributed by atoms with Gasteiger partial charge in [0.25, 0.3) is 0 Å². The van der Waals surface area contributed by atoms with E-state index in [2.05, 4.69) is 15.5 Å². The number of carbonyl (C=O) groups excluding carboxylic acids is 2. The van der Waals surface area contributed by atoms with Crippen molar-refractivity contribution >= 4 is 17.8 Å². The summed E-state index contributed by atoms with van der Waals surface area (Å²) < 4.78 is 24.0. The third-order valence-electron chi connectivity index (χ3n) is 4.83. The molecular formula is C25H20FN3O4. The van der Waals surface area contributed by atoms with Crippen LogP contribution in [0, 0.1) is 5.82 Å². The van der Waals surface area contributed by atoms with Gasteiger partial charge in [-0.3, -0.25) is 19.9 Å². The molecule has 0 unspecified atom stereocenters. The number of benzene rings is 2. The molecule has 0 saturated carbocycles. The van der Waals surface area contributed by atoms with Crippen molar-refractivity contribution < 1.29 is 23.2 Å². The number of ether oxygens (including phenoxy) is 1. The zero-order chi connectivity index (χ0) is 23.0. The molecule has 33 heavy (non-hydrogen) atoms. The number of halogens is 1. The Morgan fingerprint density at radius 2 is 1.64 bits per heavy atom. The second-order valence-electron chi connectivity index (χ2n) is 7.17. The fraction of sp³-hybridized carbons (Fsp3) is 0.120. The smallest absolute Gasteiger partial charge is 0.306 e. The van der Waals surface area contributed by atoms with Crippen LogP contribution in [0.3, 0.4) is 0 Å². The molecule has 2 aromatic carbocycles. The highest BCUT2D eigenvalue weighted by molar-refractivity contribution is 5.97. The maximum Gasteiger partial charge on any atom is 0.306 e. The Labute approximate surface area is 189 Å². The van der Waals surface area contributed by atoms with Crippen molar-refractivity contribution in [3.05, 3.63) is 90.5 Å². The lowest BCUT2D eigenvalue weighted by Crippen LogP contribution is -2.14. The van der Waals surface area contributed by atoms with E-state index in [0.717, 1.165) is 5.56 Å². The number of pyridine rings is 1. The van der Waals surface area contributed by atoms with Crippen LogP contribution in [0.25, 0.3) is 22.4 Å². The minimum atomic E-state index is -0.479. The summed E-state index contributed by atoms with van der Waals surface area (Å²) in [6.45, 7) is 0.149. The Balaban J connectivity index is 1.44. The average molecular weight is 445 g/mol. The standard InChI is InChI=1S/C25H20FN3O4/c26-20-8-6-19(7-9-20)24-23(18-12-14-27-15-13-18)25(33-29-24)28-21(30)10-11-22(31)32-16-17-4-2-1-3-5-17/h1-9,12-15H,10-11,16H2,(H,28,30). The summed E-state index contributed by atoms with van der Waals surface area (Å²) >= 11 is 0. The third kappa shape index (κ3) is 5.68. The van der Waals surface area contributed by atoms with Gasteiger partial charge in [0.05, 0.1) is 12.0 Å². The van der Waals surface area contributed by atoms with E-state index < -0.39 is 11.9 Å². The predicted octanol–water partition coefficient (Wildman–Crippen LogP) is 5.00. The topological polar surface area (TPSA) is 94.3 Å². The van der Waals surface area contributed by atoms with Crippen molar-refractivity contribution in [2.45, 2.75) is 19.4 Å². The molecule has 0 aliphatic rings.